The molecule has 0 radical (unpaired) electrons. The fraction of sp³-hybridized carbons (Fsp3) is 0.400. The fourth-order valence-electron chi connectivity index (χ4n) is 4.86. The molecule has 2 aliphatic rings. The SMILES string of the molecule is COc1ccc(C#N)c(C(=O)C2CC3CCCC(C2)N3C(=O)OCc2ccccc2)c1. The van der Waals surface area contributed by atoms with Crippen molar-refractivity contribution in [2.45, 2.75) is 50.8 Å². The van der Waals surface area contributed by atoms with Crippen LogP contribution in [0.3, 0.4) is 0 Å². The topological polar surface area (TPSA) is 79.6 Å². The van der Waals surface area contributed by atoms with E-state index in [-0.39, 0.29) is 36.5 Å². The average molecular weight is 418 g/mol. The molecular weight excluding hydrogens is 392 g/mol. The van der Waals surface area contributed by atoms with Gasteiger partial charge in [-0.15, -0.1) is 0 Å². The lowest BCUT2D eigenvalue weighted by Crippen LogP contribution is -2.55. The number of nitrogens with zero attached hydrogens (tertiary/aromatic N) is 2. The Kier molecular flexibility index (Phi) is 6.22. The van der Waals surface area contributed by atoms with Gasteiger partial charge in [-0.2, -0.15) is 5.26 Å². The van der Waals surface area contributed by atoms with Gasteiger partial charge in [-0.1, -0.05) is 30.3 Å². The fourth-order valence-corrected chi connectivity index (χ4v) is 4.86. The summed E-state index contributed by atoms with van der Waals surface area (Å²) in [5.41, 5.74) is 1.72. The van der Waals surface area contributed by atoms with Gasteiger partial charge in [0.25, 0.3) is 0 Å². The molecule has 6 heteroatoms. The number of ether oxygens (including phenoxy) is 2. The van der Waals surface area contributed by atoms with E-state index >= 15 is 0 Å². The van der Waals surface area contributed by atoms with E-state index in [0.29, 0.717) is 29.7 Å². The van der Waals surface area contributed by atoms with Gasteiger partial charge >= 0.3 is 6.09 Å². The van der Waals surface area contributed by atoms with Gasteiger partial charge in [-0.05, 0) is 55.9 Å². The summed E-state index contributed by atoms with van der Waals surface area (Å²) in [5.74, 6) is 0.307. The van der Waals surface area contributed by atoms with Crippen molar-refractivity contribution >= 4 is 11.9 Å². The number of carbonyl (C=O) groups is 2. The first-order valence-electron chi connectivity index (χ1n) is 10.7. The number of amides is 1. The highest BCUT2D eigenvalue weighted by Gasteiger charge is 2.44. The van der Waals surface area contributed by atoms with E-state index in [2.05, 4.69) is 6.07 Å². The largest absolute Gasteiger partial charge is 0.497 e. The molecule has 2 fully saturated rings. The Morgan fingerprint density at radius 2 is 1.81 bits per heavy atom. The maximum absolute atomic E-state index is 13.3. The number of fused-ring (bicyclic) bond motifs is 2. The van der Waals surface area contributed by atoms with Crippen LogP contribution in [0.15, 0.2) is 48.5 Å². The van der Waals surface area contributed by atoms with E-state index in [1.807, 2.05) is 35.2 Å². The van der Waals surface area contributed by atoms with E-state index < -0.39 is 0 Å². The van der Waals surface area contributed by atoms with Gasteiger partial charge in [0.15, 0.2) is 5.78 Å². The smallest absolute Gasteiger partial charge is 0.410 e. The molecular formula is C25H26N2O4. The highest BCUT2D eigenvalue weighted by molar-refractivity contribution is 6.00. The lowest BCUT2D eigenvalue weighted by Gasteiger charge is -2.47. The zero-order valence-electron chi connectivity index (χ0n) is 17.6. The molecule has 2 heterocycles. The minimum atomic E-state index is -0.302. The third-order valence-electron chi connectivity index (χ3n) is 6.37. The van der Waals surface area contributed by atoms with Gasteiger partial charge in [0.05, 0.1) is 18.7 Å². The van der Waals surface area contributed by atoms with Crippen molar-refractivity contribution in [3.63, 3.8) is 0 Å². The average Bonchev–Trinajstić information content (AvgIpc) is 2.81. The summed E-state index contributed by atoms with van der Waals surface area (Å²) in [7, 11) is 1.54. The predicted molar refractivity (Wildman–Crippen MR) is 115 cm³/mol. The number of hydrogen-bond acceptors (Lipinski definition) is 5. The molecule has 0 N–H and O–H groups in total. The van der Waals surface area contributed by atoms with E-state index in [9.17, 15) is 14.9 Å². The molecule has 2 aliphatic heterocycles. The summed E-state index contributed by atoms with van der Waals surface area (Å²) in [6.45, 7) is 0.243. The molecule has 1 amide bonds. The quantitative estimate of drug-likeness (QED) is 0.657. The van der Waals surface area contributed by atoms with Gasteiger partial charge < -0.3 is 14.4 Å². The molecule has 31 heavy (non-hydrogen) atoms. The number of carbonyl (C=O) groups excluding carboxylic acids is 2. The van der Waals surface area contributed by atoms with Gasteiger partial charge in [0.1, 0.15) is 12.4 Å². The van der Waals surface area contributed by atoms with Crippen LogP contribution in [0, 0.1) is 17.2 Å². The van der Waals surface area contributed by atoms with E-state index in [4.69, 9.17) is 9.47 Å². The molecule has 160 valence electrons. The van der Waals surface area contributed by atoms with E-state index in [1.54, 1.807) is 25.3 Å². The summed E-state index contributed by atoms with van der Waals surface area (Å²) < 4.78 is 10.8. The van der Waals surface area contributed by atoms with E-state index in [0.717, 1.165) is 24.8 Å². The summed E-state index contributed by atoms with van der Waals surface area (Å²) >= 11 is 0. The summed E-state index contributed by atoms with van der Waals surface area (Å²) in [5, 5.41) is 9.45. The lowest BCUT2D eigenvalue weighted by atomic mass is 9.75. The van der Waals surface area contributed by atoms with Crippen molar-refractivity contribution in [1.82, 2.24) is 4.90 Å². The Bertz CT molecular complexity index is 984. The number of rotatable bonds is 5. The van der Waals surface area contributed by atoms with Crippen LogP contribution in [0.4, 0.5) is 4.79 Å². The Morgan fingerprint density at radius 3 is 2.45 bits per heavy atom. The standard InChI is InChI=1S/C25H26N2O4/c1-30-22-11-10-18(15-26)23(14-22)24(28)19-12-20-8-5-9-21(13-19)27(20)25(29)31-16-17-6-3-2-4-7-17/h2-4,6-7,10-11,14,19-21H,5,8-9,12-13,16H2,1H3. The molecule has 6 nitrogen and oxygen atoms in total. The Morgan fingerprint density at radius 1 is 1.10 bits per heavy atom. The Labute approximate surface area is 182 Å². The monoisotopic (exact) mass is 418 g/mol. The van der Waals surface area contributed by atoms with Crippen molar-refractivity contribution in [1.29, 1.82) is 5.26 Å². The Hall–Kier alpha value is -3.33. The van der Waals surface area contributed by atoms with Crippen LogP contribution in [0.5, 0.6) is 5.75 Å². The van der Waals surface area contributed by atoms with Crippen molar-refractivity contribution in [3.05, 3.63) is 65.2 Å². The molecule has 0 aromatic heterocycles. The van der Waals surface area contributed by atoms with Gasteiger partial charge in [-0.3, -0.25) is 4.79 Å². The molecule has 2 saturated heterocycles. The highest BCUT2D eigenvalue weighted by atomic mass is 16.6. The number of nitriles is 1. The van der Waals surface area contributed by atoms with Crippen LogP contribution in [0.25, 0.3) is 0 Å². The number of piperidine rings is 2. The summed E-state index contributed by atoms with van der Waals surface area (Å²) in [4.78, 5) is 28.1. The Balaban J connectivity index is 1.48. The maximum atomic E-state index is 13.3. The zero-order chi connectivity index (χ0) is 21.8. The van der Waals surface area contributed by atoms with Crippen molar-refractivity contribution in [3.8, 4) is 11.8 Å². The van der Waals surface area contributed by atoms with Crippen LogP contribution in [0.1, 0.15) is 53.6 Å². The second-order valence-electron chi connectivity index (χ2n) is 8.24. The zero-order valence-corrected chi connectivity index (χ0v) is 17.6. The third-order valence-corrected chi connectivity index (χ3v) is 6.37. The third kappa shape index (κ3) is 4.41. The molecule has 2 aromatic rings. The van der Waals surface area contributed by atoms with Crippen LogP contribution >= 0.6 is 0 Å². The first kappa shape index (κ1) is 20.9. The van der Waals surface area contributed by atoms with Crippen molar-refractivity contribution < 1.29 is 19.1 Å². The first-order chi connectivity index (χ1) is 15.1. The summed E-state index contributed by atoms with van der Waals surface area (Å²) in [6, 6.07) is 16.7. The number of hydrogen-bond donors (Lipinski definition) is 0. The van der Waals surface area contributed by atoms with Crippen LogP contribution in [0.2, 0.25) is 0 Å². The molecule has 2 unspecified atom stereocenters. The number of methoxy groups -OCH3 is 1. The van der Waals surface area contributed by atoms with Crippen molar-refractivity contribution in [2.75, 3.05) is 7.11 Å². The molecule has 0 saturated carbocycles. The number of ketones is 1. The lowest BCUT2D eigenvalue weighted by molar-refractivity contribution is 0.00472. The summed E-state index contributed by atoms with van der Waals surface area (Å²) in [6.07, 6.45) is 3.66. The predicted octanol–water partition coefficient (Wildman–Crippen LogP) is 4.72. The van der Waals surface area contributed by atoms with Crippen LogP contribution in [-0.4, -0.2) is 36.0 Å². The van der Waals surface area contributed by atoms with Crippen LogP contribution < -0.4 is 4.74 Å². The number of Topliss-reactive ketones (excluding diaryl/α,β-unsaturated/α-hetero) is 1. The second kappa shape index (κ2) is 9.22. The van der Waals surface area contributed by atoms with Gasteiger partial charge in [0, 0.05) is 23.6 Å². The van der Waals surface area contributed by atoms with Crippen LogP contribution in [-0.2, 0) is 11.3 Å². The van der Waals surface area contributed by atoms with Gasteiger partial charge in [-0.25, -0.2) is 4.79 Å². The van der Waals surface area contributed by atoms with Crippen molar-refractivity contribution in [2.24, 2.45) is 5.92 Å². The minimum Gasteiger partial charge on any atom is -0.497 e. The second-order valence-corrected chi connectivity index (χ2v) is 8.24. The molecule has 0 aliphatic carbocycles. The molecule has 2 atom stereocenters. The normalized spacial score (nSPS) is 22.3. The minimum absolute atomic E-state index is 0.0131. The number of benzene rings is 2. The van der Waals surface area contributed by atoms with E-state index in [1.165, 1.54) is 0 Å². The molecule has 2 bridgehead atoms. The first-order valence-corrected chi connectivity index (χ1v) is 10.7. The maximum Gasteiger partial charge on any atom is 0.410 e. The molecule has 0 spiro atoms. The molecule has 4 rings (SSSR count). The molecule has 2 aromatic carbocycles. The van der Waals surface area contributed by atoms with Gasteiger partial charge in [0.2, 0.25) is 0 Å². The highest BCUT2D eigenvalue weighted by Crippen LogP contribution is 2.39.